The Kier molecular flexibility index (Phi) is 6.11. The average Bonchev–Trinajstić information content (AvgIpc) is 3.36. The molecule has 0 spiro atoms. The number of nitrogens with two attached hydrogens (primary N) is 1. The summed E-state index contributed by atoms with van der Waals surface area (Å²) in [5.41, 5.74) is 7.52. The molecule has 3 aromatic heterocycles. The fourth-order valence-corrected chi connectivity index (χ4v) is 4.92. The number of hydrogen-bond donors (Lipinski definition) is 2. The number of sulfonamides is 1. The number of nitrogens with zero attached hydrogens (tertiary/aromatic N) is 6. The second kappa shape index (κ2) is 9.00. The molecule has 172 valence electrons. The van der Waals surface area contributed by atoms with Gasteiger partial charge in [0.05, 0.1) is 24.2 Å². The van der Waals surface area contributed by atoms with E-state index in [1.165, 1.54) is 17.6 Å². The Morgan fingerprint density at radius 1 is 1.09 bits per heavy atom. The highest BCUT2D eigenvalue weighted by Crippen LogP contribution is 2.24. The molecular weight excluding hydrogens is 444 g/mol. The van der Waals surface area contributed by atoms with E-state index in [4.69, 9.17) is 10.2 Å². The van der Waals surface area contributed by atoms with E-state index in [9.17, 15) is 8.42 Å². The molecule has 0 radical (unpaired) electrons. The van der Waals surface area contributed by atoms with Gasteiger partial charge in [-0.1, -0.05) is 18.2 Å². The molecule has 0 amide bonds. The molecule has 0 aliphatic carbocycles. The van der Waals surface area contributed by atoms with E-state index in [0.717, 1.165) is 5.69 Å². The summed E-state index contributed by atoms with van der Waals surface area (Å²) in [6.45, 7) is 3.58. The van der Waals surface area contributed by atoms with Crippen LogP contribution in [0.5, 0.6) is 0 Å². The largest absolute Gasteiger partial charge is 0.468 e. The quantitative estimate of drug-likeness (QED) is 0.398. The van der Waals surface area contributed by atoms with Crippen LogP contribution < -0.4 is 11.1 Å². The molecule has 0 bridgehead atoms. The first kappa shape index (κ1) is 22.4. The molecular formula is C21H24N8O3S. The Hall–Kier alpha value is -3.77. The first-order chi connectivity index (χ1) is 15.7. The number of rotatable bonds is 8. The summed E-state index contributed by atoms with van der Waals surface area (Å²) < 4.78 is 34.5. The molecule has 0 saturated carbocycles. The van der Waals surface area contributed by atoms with Crippen molar-refractivity contribution < 1.29 is 12.8 Å². The summed E-state index contributed by atoms with van der Waals surface area (Å²) in [6.07, 6.45) is 1.51. The summed E-state index contributed by atoms with van der Waals surface area (Å²) in [7, 11) is -2.30. The minimum Gasteiger partial charge on any atom is -0.468 e. The van der Waals surface area contributed by atoms with Gasteiger partial charge in [-0.3, -0.25) is 4.68 Å². The van der Waals surface area contributed by atoms with Crippen LogP contribution in [0.2, 0.25) is 0 Å². The van der Waals surface area contributed by atoms with Crippen molar-refractivity contribution in [1.82, 2.24) is 29.0 Å². The summed E-state index contributed by atoms with van der Waals surface area (Å²) in [6, 6.07) is 12.9. The minimum absolute atomic E-state index is 0.0472. The molecule has 0 fully saturated rings. The van der Waals surface area contributed by atoms with Gasteiger partial charge in [-0.25, -0.2) is 8.42 Å². The highest BCUT2D eigenvalue weighted by Gasteiger charge is 2.29. The standard InChI is InChI=1S/C21H24N8O3S/c1-14-19(33(30,31)28(3)12-17-10-7-11-32-17)15(2)29(27-14)13-18-24-20(22)26-21(25-18)23-16-8-5-4-6-9-16/h4-11H,12-13H2,1-3H3,(H3,22,23,24,25,26). The molecule has 4 rings (SSSR count). The number of nitrogen functional groups attached to an aromatic ring is 1. The molecule has 0 aliphatic heterocycles. The summed E-state index contributed by atoms with van der Waals surface area (Å²) in [4.78, 5) is 12.8. The second-order valence-electron chi connectivity index (χ2n) is 7.42. The van der Waals surface area contributed by atoms with Gasteiger partial charge in [0, 0.05) is 12.7 Å². The third kappa shape index (κ3) is 4.86. The number of aromatic nitrogens is 5. The van der Waals surface area contributed by atoms with E-state index < -0.39 is 10.0 Å². The van der Waals surface area contributed by atoms with Crippen molar-refractivity contribution in [3.63, 3.8) is 0 Å². The van der Waals surface area contributed by atoms with Crippen molar-refractivity contribution in [1.29, 1.82) is 0 Å². The van der Waals surface area contributed by atoms with Gasteiger partial charge < -0.3 is 15.5 Å². The zero-order valence-electron chi connectivity index (χ0n) is 18.4. The highest BCUT2D eigenvalue weighted by atomic mass is 32.2. The monoisotopic (exact) mass is 468 g/mol. The van der Waals surface area contributed by atoms with E-state index in [0.29, 0.717) is 23.0 Å². The fraction of sp³-hybridized carbons (Fsp3) is 0.238. The van der Waals surface area contributed by atoms with Gasteiger partial charge in [0.1, 0.15) is 17.2 Å². The molecule has 11 nitrogen and oxygen atoms in total. The number of aryl methyl sites for hydroxylation is 1. The van der Waals surface area contributed by atoms with Crippen molar-refractivity contribution >= 4 is 27.6 Å². The third-order valence-electron chi connectivity index (χ3n) is 4.96. The maximum absolute atomic E-state index is 13.2. The van der Waals surface area contributed by atoms with Gasteiger partial charge in [-0.15, -0.1) is 0 Å². The van der Waals surface area contributed by atoms with Crippen molar-refractivity contribution in [2.45, 2.75) is 31.8 Å². The fourth-order valence-electron chi connectivity index (χ4n) is 3.42. The van der Waals surface area contributed by atoms with Crippen molar-refractivity contribution in [3.05, 3.63) is 71.7 Å². The van der Waals surface area contributed by atoms with Crippen LogP contribution in [0.1, 0.15) is 23.0 Å². The molecule has 3 heterocycles. The molecule has 12 heteroatoms. The van der Waals surface area contributed by atoms with Gasteiger partial charge in [-0.05, 0) is 38.1 Å². The SMILES string of the molecule is Cc1nn(Cc2nc(N)nc(Nc3ccccc3)n2)c(C)c1S(=O)(=O)N(C)Cc1ccco1. The predicted molar refractivity (Wildman–Crippen MR) is 122 cm³/mol. The smallest absolute Gasteiger partial charge is 0.246 e. The molecule has 33 heavy (non-hydrogen) atoms. The first-order valence-electron chi connectivity index (χ1n) is 10.1. The predicted octanol–water partition coefficient (Wildman–Crippen LogP) is 2.47. The topological polar surface area (TPSA) is 145 Å². The third-order valence-corrected chi connectivity index (χ3v) is 7.02. The molecule has 0 aliphatic rings. The van der Waals surface area contributed by atoms with Crippen LogP contribution in [0.25, 0.3) is 0 Å². The summed E-state index contributed by atoms with van der Waals surface area (Å²) in [5.74, 6) is 1.23. The lowest BCUT2D eigenvalue weighted by Gasteiger charge is -2.16. The zero-order chi connectivity index (χ0) is 23.6. The number of benzene rings is 1. The lowest BCUT2D eigenvalue weighted by atomic mass is 10.3. The number of hydrogen-bond acceptors (Lipinski definition) is 9. The van der Waals surface area contributed by atoms with E-state index in [1.54, 1.807) is 30.7 Å². The first-order valence-corrected chi connectivity index (χ1v) is 11.5. The summed E-state index contributed by atoms with van der Waals surface area (Å²) >= 11 is 0. The Balaban J connectivity index is 1.59. The normalized spacial score (nSPS) is 11.8. The lowest BCUT2D eigenvalue weighted by Crippen LogP contribution is -2.27. The zero-order valence-corrected chi connectivity index (χ0v) is 19.2. The number of para-hydroxylation sites is 1. The second-order valence-corrected chi connectivity index (χ2v) is 9.40. The highest BCUT2D eigenvalue weighted by molar-refractivity contribution is 7.89. The van der Waals surface area contributed by atoms with Crippen molar-refractivity contribution in [2.24, 2.45) is 0 Å². The number of anilines is 3. The number of furan rings is 1. The van der Waals surface area contributed by atoms with Gasteiger partial charge in [0.15, 0.2) is 5.82 Å². The molecule has 0 saturated heterocycles. The average molecular weight is 469 g/mol. The van der Waals surface area contributed by atoms with Crippen LogP contribution in [-0.2, 0) is 23.1 Å². The molecule has 3 N–H and O–H groups in total. The van der Waals surface area contributed by atoms with Gasteiger partial charge >= 0.3 is 0 Å². The van der Waals surface area contributed by atoms with Gasteiger partial charge in [0.25, 0.3) is 0 Å². The Morgan fingerprint density at radius 2 is 1.85 bits per heavy atom. The Morgan fingerprint density at radius 3 is 2.55 bits per heavy atom. The Bertz CT molecular complexity index is 1350. The molecule has 0 unspecified atom stereocenters. The van der Waals surface area contributed by atoms with Crippen LogP contribution >= 0.6 is 0 Å². The van der Waals surface area contributed by atoms with Gasteiger partial charge in [-0.2, -0.15) is 24.4 Å². The van der Waals surface area contributed by atoms with E-state index >= 15 is 0 Å². The molecule has 0 atom stereocenters. The van der Waals surface area contributed by atoms with Crippen LogP contribution in [0, 0.1) is 13.8 Å². The maximum Gasteiger partial charge on any atom is 0.246 e. The van der Waals surface area contributed by atoms with Crippen molar-refractivity contribution in [2.75, 3.05) is 18.1 Å². The van der Waals surface area contributed by atoms with E-state index in [-0.39, 0.29) is 29.9 Å². The minimum atomic E-state index is -3.81. The van der Waals surface area contributed by atoms with E-state index in [2.05, 4.69) is 25.4 Å². The van der Waals surface area contributed by atoms with E-state index in [1.807, 2.05) is 30.3 Å². The molecule has 4 aromatic rings. The van der Waals surface area contributed by atoms with Gasteiger partial charge in [0.2, 0.25) is 21.9 Å². The van der Waals surface area contributed by atoms with Crippen LogP contribution in [0.4, 0.5) is 17.6 Å². The summed E-state index contributed by atoms with van der Waals surface area (Å²) in [5, 5.41) is 7.50. The Labute approximate surface area is 191 Å². The lowest BCUT2D eigenvalue weighted by molar-refractivity contribution is 0.406. The van der Waals surface area contributed by atoms with Crippen LogP contribution in [0.15, 0.2) is 58.0 Å². The van der Waals surface area contributed by atoms with Crippen molar-refractivity contribution in [3.8, 4) is 0 Å². The van der Waals surface area contributed by atoms with Crippen LogP contribution in [-0.4, -0.2) is 44.5 Å². The molecule has 1 aromatic carbocycles. The maximum atomic E-state index is 13.2. The van der Waals surface area contributed by atoms with Crippen LogP contribution in [0.3, 0.4) is 0 Å². The number of nitrogens with one attached hydrogen (secondary N) is 1.